The third kappa shape index (κ3) is 3.95. The van der Waals surface area contributed by atoms with Crippen molar-refractivity contribution in [2.24, 2.45) is 0 Å². The summed E-state index contributed by atoms with van der Waals surface area (Å²) in [5.41, 5.74) is 0.841. The number of carbonyl (C=O) groups excluding carboxylic acids is 2. The van der Waals surface area contributed by atoms with E-state index in [2.05, 4.69) is 0 Å². The number of ether oxygens (including phenoxy) is 4. The van der Waals surface area contributed by atoms with Crippen molar-refractivity contribution >= 4 is 17.4 Å². The molecule has 9 nitrogen and oxygen atoms in total. The lowest BCUT2D eigenvalue weighted by Gasteiger charge is -2.25. The van der Waals surface area contributed by atoms with Gasteiger partial charge >= 0.3 is 0 Å². The summed E-state index contributed by atoms with van der Waals surface area (Å²) in [6.07, 6.45) is 1.49. The number of benzene rings is 2. The number of ketones is 1. The second kappa shape index (κ2) is 9.09. The van der Waals surface area contributed by atoms with E-state index in [0.717, 1.165) is 0 Å². The minimum atomic E-state index is -0.895. The average molecular weight is 477 g/mol. The first kappa shape index (κ1) is 22.4. The summed E-state index contributed by atoms with van der Waals surface area (Å²) in [6, 6.07) is 12.5. The Morgan fingerprint density at radius 1 is 1.00 bits per heavy atom. The Balaban J connectivity index is 1.65. The van der Waals surface area contributed by atoms with E-state index < -0.39 is 17.7 Å². The van der Waals surface area contributed by atoms with Gasteiger partial charge in [-0.2, -0.15) is 0 Å². The number of fused-ring (bicyclic) bond motifs is 1. The fourth-order valence-electron chi connectivity index (χ4n) is 4.33. The number of nitrogens with zero attached hydrogens (tertiary/aromatic N) is 1. The Morgan fingerprint density at radius 3 is 2.49 bits per heavy atom. The highest BCUT2D eigenvalue weighted by Gasteiger charge is 2.46. The molecule has 3 aromatic rings. The molecule has 0 spiro atoms. The zero-order valence-electron chi connectivity index (χ0n) is 19.1. The third-order valence-electron chi connectivity index (χ3n) is 5.99. The quantitative estimate of drug-likeness (QED) is 0.325. The molecule has 0 bridgehead atoms. The molecule has 0 saturated carbocycles. The normalized spacial score (nSPS) is 18.6. The van der Waals surface area contributed by atoms with Crippen molar-refractivity contribution < 1.29 is 38.1 Å². The first-order valence-corrected chi connectivity index (χ1v) is 10.9. The molecule has 1 fully saturated rings. The van der Waals surface area contributed by atoms with Crippen LogP contribution in [0.4, 0.5) is 0 Å². The van der Waals surface area contributed by atoms with Crippen molar-refractivity contribution in [2.45, 2.75) is 12.6 Å². The Kier molecular flexibility index (Phi) is 5.82. The summed E-state index contributed by atoms with van der Waals surface area (Å²) in [7, 11) is 3.01. The van der Waals surface area contributed by atoms with Gasteiger partial charge in [0.05, 0.1) is 38.6 Å². The molecular weight excluding hydrogens is 454 g/mol. The summed E-state index contributed by atoms with van der Waals surface area (Å²) in [5.74, 6) is 0.539. The molecule has 180 valence electrons. The number of aliphatic hydroxyl groups is 1. The number of methoxy groups -OCH3 is 2. The largest absolute Gasteiger partial charge is 0.507 e. The van der Waals surface area contributed by atoms with E-state index in [-0.39, 0.29) is 17.9 Å². The van der Waals surface area contributed by atoms with Crippen LogP contribution in [0.25, 0.3) is 5.76 Å². The molecule has 1 unspecified atom stereocenters. The van der Waals surface area contributed by atoms with Gasteiger partial charge in [0.15, 0.2) is 23.0 Å². The zero-order valence-corrected chi connectivity index (χ0v) is 19.1. The lowest BCUT2D eigenvalue weighted by atomic mass is 9.94. The molecule has 0 aliphatic carbocycles. The van der Waals surface area contributed by atoms with E-state index in [9.17, 15) is 14.7 Å². The van der Waals surface area contributed by atoms with E-state index in [1.54, 1.807) is 48.5 Å². The number of furan rings is 1. The second-order valence-corrected chi connectivity index (χ2v) is 7.98. The van der Waals surface area contributed by atoms with E-state index in [0.29, 0.717) is 53.1 Å². The van der Waals surface area contributed by atoms with Crippen molar-refractivity contribution in [3.63, 3.8) is 0 Å². The van der Waals surface area contributed by atoms with Crippen LogP contribution in [-0.2, 0) is 16.1 Å². The molecule has 9 heteroatoms. The van der Waals surface area contributed by atoms with Gasteiger partial charge in [0.2, 0.25) is 0 Å². The molecule has 2 aliphatic heterocycles. The summed E-state index contributed by atoms with van der Waals surface area (Å²) >= 11 is 0. The van der Waals surface area contributed by atoms with Crippen molar-refractivity contribution in [3.05, 3.63) is 77.3 Å². The molecule has 2 aliphatic rings. The molecule has 2 aromatic carbocycles. The maximum atomic E-state index is 13.3. The summed E-state index contributed by atoms with van der Waals surface area (Å²) in [6.45, 7) is 0.834. The van der Waals surface area contributed by atoms with Crippen LogP contribution in [0.5, 0.6) is 23.0 Å². The molecule has 35 heavy (non-hydrogen) atoms. The van der Waals surface area contributed by atoms with Crippen LogP contribution in [0.15, 0.2) is 64.8 Å². The number of Topliss-reactive ketones (excluding diaryl/α,β-unsaturated/α-hetero) is 1. The van der Waals surface area contributed by atoms with Crippen LogP contribution in [0.3, 0.4) is 0 Å². The molecule has 0 radical (unpaired) electrons. The van der Waals surface area contributed by atoms with Crippen LogP contribution >= 0.6 is 0 Å². The number of hydrogen-bond donors (Lipinski definition) is 1. The maximum Gasteiger partial charge on any atom is 0.296 e. The standard InChI is InChI=1S/C26H23NO8/c1-31-18-7-5-15(12-20(18)32-2)23-22(25(29)26(30)27(23)14-17-4-3-9-33-17)24(28)16-6-8-19-21(13-16)35-11-10-34-19/h3-9,12-13,23,28H,10-11,14H2,1-2H3. The predicted molar refractivity (Wildman–Crippen MR) is 124 cm³/mol. The smallest absolute Gasteiger partial charge is 0.296 e. The van der Waals surface area contributed by atoms with Gasteiger partial charge in [0, 0.05) is 5.56 Å². The molecule has 1 amide bonds. The number of amides is 1. The maximum absolute atomic E-state index is 13.3. The van der Waals surface area contributed by atoms with E-state index in [1.807, 2.05) is 0 Å². The van der Waals surface area contributed by atoms with Crippen molar-refractivity contribution in [1.82, 2.24) is 4.90 Å². The van der Waals surface area contributed by atoms with Crippen molar-refractivity contribution in [1.29, 1.82) is 0 Å². The van der Waals surface area contributed by atoms with Gasteiger partial charge in [-0.15, -0.1) is 0 Å². The molecule has 1 atom stereocenters. The van der Waals surface area contributed by atoms with Gasteiger partial charge in [-0.05, 0) is 48.0 Å². The average Bonchev–Trinajstić information content (AvgIpc) is 3.50. The molecule has 1 N–H and O–H groups in total. The van der Waals surface area contributed by atoms with Crippen LogP contribution in [0.1, 0.15) is 22.9 Å². The highest BCUT2D eigenvalue weighted by Crippen LogP contribution is 2.43. The Bertz CT molecular complexity index is 1310. The highest BCUT2D eigenvalue weighted by atomic mass is 16.6. The Labute approximate surface area is 201 Å². The molecule has 1 saturated heterocycles. The highest BCUT2D eigenvalue weighted by molar-refractivity contribution is 6.46. The number of likely N-dealkylation sites (tertiary alicyclic amines) is 1. The van der Waals surface area contributed by atoms with Gasteiger partial charge in [-0.25, -0.2) is 0 Å². The fraction of sp³-hybridized carbons (Fsp3) is 0.231. The van der Waals surface area contributed by atoms with Gasteiger partial charge in [0.1, 0.15) is 24.7 Å². The van der Waals surface area contributed by atoms with E-state index in [1.165, 1.54) is 25.4 Å². The second-order valence-electron chi connectivity index (χ2n) is 7.98. The minimum absolute atomic E-state index is 0.0362. The molecular formula is C26H23NO8. The van der Waals surface area contributed by atoms with Crippen LogP contribution in [-0.4, -0.2) is 49.1 Å². The zero-order chi connectivity index (χ0) is 24.5. The monoisotopic (exact) mass is 477 g/mol. The first-order chi connectivity index (χ1) is 17.0. The molecule has 1 aromatic heterocycles. The van der Waals surface area contributed by atoms with Crippen molar-refractivity contribution in [2.75, 3.05) is 27.4 Å². The topological polar surface area (TPSA) is 108 Å². The molecule has 3 heterocycles. The third-order valence-corrected chi connectivity index (χ3v) is 5.99. The van der Waals surface area contributed by atoms with Crippen LogP contribution in [0, 0.1) is 0 Å². The lowest BCUT2D eigenvalue weighted by molar-refractivity contribution is -0.140. The number of hydrogen-bond acceptors (Lipinski definition) is 8. The van der Waals surface area contributed by atoms with Crippen molar-refractivity contribution in [3.8, 4) is 23.0 Å². The molecule has 5 rings (SSSR count). The fourth-order valence-corrected chi connectivity index (χ4v) is 4.33. The predicted octanol–water partition coefficient (Wildman–Crippen LogP) is 3.69. The summed E-state index contributed by atoms with van der Waals surface area (Å²) in [4.78, 5) is 27.8. The van der Waals surface area contributed by atoms with E-state index >= 15 is 0 Å². The van der Waals surface area contributed by atoms with Gasteiger partial charge < -0.3 is 33.4 Å². The van der Waals surface area contributed by atoms with Crippen LogP contribution in [0.2, 0.25) is 0 Å². The Morgan fingerprint density at radius 2 is 1.77 bits per heavy atom. The number of rotatable bonds is 6. The summed E-state index contributed by atoms with van der Waals surface area (Å²) in [5, 5.41) is 11.3. The SMILES string of the molecule is COc1ccc(C2C(=C(O)c3ccc4c(c3)OCCO4)C(=O)C(=O)N2Cc2ccco2)cc1OC. The minimum Gasteiger partial charge on any atom is -0.507 e. The van der Waals surface area contributed by atoms with Gasteiger partial charge in [-0.3, -0.25) is 9.59 Å². The van der Waals surface area contributed by atoms with Gasteiger partial charge in [0.25, 0.3) is 11.7 Å². The Hall–Kier alpha value is -4.40. The summed E-state index contributed by atoms with van der Waals surface area (Å²) < 4.78 is 27.4. The number of carbonyl (C=O) groups is 2. The number of aliphatic hydroxyl groups excluding tert-OH is 1. The van der Waals surface area contributed by atoms with Crippen LogP contribution < -0.4 is 18.9 Å². The van der Waals surface area contributed by atoms with E-state index in [4.69, 9.17) is 23.4 Å². The lowest BCUT2D eigenvalue weighted by Crippen LogP contribution is -2.29. The van der Waals surface area contributed by atoms with Gasteiger partial charge in [-0.1, -0.05) is 6.07 Å². The first-order valence-electron chi connectivity index (χ1n) is 10.9.